The van der Waals surface area contributed by atoms with Gasteiger partial charge in [-0.25, -0.2) is 4.68 Å². The lowest BCUT2D eigenvalue weighted by Gasteiger charge is -2.51. The van der Waals surface area contributed by atoms with E-state index in [0.29, 0.717) is 18.3 Å². The van der Waals surface area contributed by atoms with Crippen molar-refractivity contribution in [2.24, 2.45) is 5.41 Å². The quantitative estimate of drug-likeness (QED) is 0.819. The van der Waals surface area contributed by atoms with Crippen molar-refractivity contribution < 1.29 is 9.53 Å². The minimum Gasteiger partial charge on any atom is -0.378 e. The smallest absolute Gasteiger partial charge is 0.273 e. The Morgan fingerprint density at radius 1 is 1.57 bits per heavy atom. The standard InChI is InChI=1S/C14H23N5O2/c1-4-21-12-5-11(14(12,2)3)16-13(20)10-8-19(18-17-10)9-6-15-7-9/h8-9,11-12,15H,4-7H2,1-3H3,(H,16,20). The van der Waals surface area contributed by atoms with Crippen molar-refractivity contribution >= 4 is 5.91 Å². The number of ether oxygens (including phenoxy) is 1. The van der Waals surface area contributed by atoms with Gasteiger partial charge in [0.15, 0.2) is 5.69 Å². The molecule has 3 rings (SSSR count). The number of hydrogen-bond donors (Lipinski definition) is 2. The van der Waals surface area contributed by atoms with Crippen LogP contribution in [-0.2, 0) is 4.74 Å². The van der Waals surface area contributed by atoms with Crippen molar-refractivity contribution in [2.75, 3.05) is 19.7 Å². The second kappa shape index (κ2) is 5.38. The number of carbonyl (C=O) groups is 1. The van der Waals surface area contributed by atoms with Gasteiger partial charge in [0.05, 0.1) is 18.3 Å². The van der Waals surface area contributed by atoms with Crippen LogP contribution in [0.25, 0.3) is 0 Å². The molecule has 2 heterocycles. The van der Waals surface area contributed by atoms with E-state index in [4.69, 9.17) is 4.74 Å². The SMILES string of the molecule is CCOC1CC(NC(=O)c2cn(C3CNC3)nn2)C1(C)C. The molecule has 2 fully saturated rings. The highest BCUT2D eigenvalue weighted by molar-refractivity contribution is 5.92. The van der Waals surface area contributed by atoms with E-state index in [1.807, 2.05) is 6.92 Å². The molecule has 0 spiro atoms. The van der Waals surface area contributed by atoms with Gasteiger partial charge in [-0.15, -0.1) is 5.10 Å². The third-order valence-electron chi connectivity index (χ3n) is 4.73. The lowest BCUT2D eigenvalue weighted by Crippen LogP contribution is -2.62. The number of rotatable bonds is 5. The van der Waals surface area contributed by atoms with Crippen LogP contribution in [0.1, 0.15) is 43.7 Å². The maximum Gasteiger partial charge on any atom is 0.273 e. The van der Waals surface area contributed by atoms with Gasteiger partial charge in [0, 0.05) is 31.2 Å². The molecule has 116 valence electrons. The zero-order chi connectivity index (χ0) is 15.0. The second-order valence-corrected chi connectivity index (χ2v) is 6.42. The third kappa shape index (κ3) is 2.55. The average Bonchev–Trinajstić information content (AvgIpc) is 2.84. The van der Waals surface area contributed by atoms with E-state index >= 15 is 0 Å². The molecule has 7 heteroatoms. The molecule has 21 heavy (non-hydrogen) atoms. The van der Waals surface area contributed by atoms with E-state index in [2.05, 4.69) is 34.8 Å². The van der Waals surface area contributed by atoms with Crippen LogP contribution in [0, 0.1) is 5.41 Å². The molecule has 0 radical (unpaired) electrons. The van der Waals surface area contributed by atoms with Crippen LogP contribution in [-0.4, -0.2) is 52.7 Å². The van der Waals surface area contributed by atoms with Gasteiger partial charge in [-0.2, -0.15) is 0 Å². The lowest BCUT2D eigenvalue weighted by molar-refractivity contribution is -0.111. The highest BCUT2D eigenvalue weighted by Gasteiger charge is 2.49. The van der Waals surface area contributed by atoms with E-state index in [0.717, 1.165) is 19.5 Å². The van der Waals surface area contributed by atoms with Gasteiger partial charge < -0.3 is 15.4 Å². The van der Waals surface area contributed by atoms with E-state index < -0.39 is 0 Å². The second-order valence-electron chi connectivity index (χ2n) is 6.42. The summed E-state index contributed by atoms with van der Waals surface area (Å²) in [4.78, 5) is 12.3. The Labute approximate surface area is 124 Å². The number of nitrogens with one attached hydrogen (secondary N) is 2. The minimum absolute atomic E-state index is 0.0421. The van der Waals surface area contributed by atoms with Gasteiger partial charge in [-0.3, -0.25) is 4.79 Å². The van der Waals surface area contributed by atoms with Crippen LogP contribution in [0.5, 0.6) is 0 Å². The molecule has 1 amide bonds. The summed E-state index contributed by atoms with van der Waals surface area (Å²) in [5.74, 6) is -0.151. The summed E-state index contributed by atoms with van der Waals surface area (Å²) in [5.41, 5.74) is 0.345. The average molecular weight is 293 g/mol. The molecule has 1 aliphatic heterocycles. The Hall–Kier alpha value is -1.47. The molecule has 1 aromatic rings. The third-order valence-corrected chi connectivity index (χ3v) is 4.73. The zero-order valence-electron chi connectivity index (χ0n) is 12.8. The first-order valence-corrected chi connectivity index (χ1v) is 7.57. The summed E-state index contributed by atoms with van der Waals surface area (Å²) in [6.45, 7) is 8.72. The zero-order valence-corrected chi connectivity index (χ0v) is 12.8. The van der Waals surface area contributed by atoms with Crippen LogP contribution in [0.4, 0.5) is 0 Å². The molecule has 2 aliphatic rings. The van der Waals surface area contributed by atoms with Crippen LogP contribution in [0.15, 0.2) is 6.20 Å². The normalized spacial score (nSPS) is 27.8. The molecule has 0 bridgehead atoms. The topological polar surface area (TPSA) is 81.1 Å². The highest BCUT2D eigenvalue weighted by atomic mass is 16.5. The largest absolute Gasteiger partial charge is 0.378 e. The fraction of sp³-hybridized carbons (Fsp3) is 0.786. The van der Waals surface area contributed by atoms with Crippen molar-refractivity contribution in [3.63, 3.8) is 0 Å². The molecule has 1 saturated heterocycles. The number of amides is 1. The molecule has 2 atom stereocenters. The summed E-state index contributed by atoms with van der Waals surface area (Å²) in [6, 6.07) is 0.443. The molecule has 2 N–H and O–H groups in total. The Kier molecular flexibility index (Phi) is 3.71. The molecule has 2 unspecified atom stereocenters. The Morgan fingerprint density at radius 3 is 2.90 bits per heavy atom. The van der Waals surface area contributed by atoms with Crippen LogP contribution in [0.3, 0.4) is 0 Å². The molecule has 1 aliphatic carbocycles. The molecule has 1 aromatic heterocycles. The molecular weight excluding hydrogens is 270 g/mol. The molecule has 1 saturated carbocycles. The Balaban J connectivity index is 1.58. The monoisotopic (exact) mass is 293 g/mol. The van der Waals surface area contributed by atoms with E-state index in [1.54, 1.807) is 10.9 Å². The maximum absolute atomic E-state index is 12.3. The van der Waals surface area contributed by atoms with Gasteiger partial charge in [-0.05, 0) is 13.3 Å². The fourth-order valence-electron chi connectivity index (χ4n) is 2.87. The van der Waals surface area contributed by atoms with Crippen molar-refractivity contribution in [1.29, 1.82) is 0 Å². The molecular formula is C14H23N5O2. The molecule has 0 aromatic carbocycles. The molecule has 7 nitrogen and oxygen atoms in total. The van der Waals surface area contributed by atoms with E-state index in [1.165, 1.54) is 0 Å². The van der Waals surface area contributed by atoms with Crippen molar-refractivity contribution in [3.8, 4) is 0 Å². The summed E-state index contributed by atoms with van der Waals surface area (Å²) in [6.07, 6.45) is 2.80. The predicted octanol–water partition coefficient (Wildman–Crippen LogP) is 0.356. The van der Waals surface area contributed by atoms with Crippen LogP contribution in [0.2, 0.25) is 0 Å². The summed E-state index contributed by atoms with van der Waals surface area (Å²) in [5, 5.41) is 14.2. The summed E-state index contributed by atoms with van der Waals surface area (Å²) in [7, 11) is 0. The van der Waals surface area contributed by atoms with Gasteiger partial charge in [0.2, 0.25) is 0 Å². The van der Waals surface area contributed by atoms with Crippen molar-refractivity contribution in [1.82, 2.24) is 25.6 Å². The minimum atomic E-state index is -0.151. The summed E-state index contributed by atoms with van der Waals surface area (Å²) < 4.78 is 7.44. The van der Waals surface area contributed by atoms with Crippen LogP contribution < -0.4 is 10.6 Å². The van der Waals surface area contributed by atoms with E-state index in [-0.39, 0.29) is 23.5 Å². The maximum atomic E-state index is 12.3. The van der Waals surface area contributed by atoms with Crippen LogP contribution >= 0.6 is 0 Å². The number of nitrogens with zero attached hydrogens (tertiary/aromatic N) is 3. The van der Waals surface area contributed by atoms with E-state index in [9.17, 15) is 4.79 Å². The van der Waals surface area contributed by atoms with Gasteiger partial charge >= 0.3 is 0 Å². The first-order valence-electron chi connectivity index (χ1n) is 7.57. The Bertz CT molecular complexity index is 523. The predicted molar refractivity (Wildman–Crippen MR) is 77.0 cm³/mol. The van der Waals surface area contributed by atoms with Crippen molar-refractivity contribution in [3.05, 3.63) is 11.9 Å². The van der Waals surface area contributed by atoms with Gasteiger partial charge in [0.1, 0.15) is 0 Å². The Morgan fingerprint density at radius 2 is 2.33 bits per heavy atom. The van der Waals surface area contributed by atoms with Crippen molar-refractivity contribution in [2.45, 2.75) is 45.4 Å². The highest BCUT2D eigenvalue weighted by Crippen LogP contribution is 2.42. The first kappa shape index (κ1) is 14.5. The van der Waals surface area contributed by atoms with Gasteiger partial charge in [-0.1, -0.05) is 19.1 Å². The lowest BCUT2D eigenvalue weighted by atomic mass is 9.64. The number of aromatic nitrogens is 3. The summed E-state index contributed by atoms with van der Waals surface area (Å²) >= 11 is 0. The number of hydrogen-bond acceptors (Lipinski definition) is 5. The van der Waals surface area contributed by atoms with Gasteiger partial charge in [0.25, 0.3) is 5.91 Å². The number of carbonyl (C=O) groups excluding carboxylic acids is 1. The fourth-order valence-corrected chi connectivity index (χ4v) is 2.87. The first-order chi connectivity index (χ1) is 10.0.